The van der Waals surface area contributed by atoms with Gasteiger partial charge in [-0.2, -0.15) is 0 Å². The normalized spacial score (nSPS) is 22.7. The third-order valence-electron chi connectivity index (χ3n) is 6.01. The lowest BCUT2D eigenvalue weighted by Gasteiger charge is -2.36. The Morgan fingerprint density at radius 1 is 1.21 bits per heavy atom. The van der Waals surface area contributed by atoms with E-state index < -0.39 is 0 Å². The number of fused-ring (bicyclic) bond motifs is 1. The molecule has 2 atom stereocenters. The summed E-state index contributed by atoms with van der Waals surface area (Å²) in [6.07, 6.45) is 8.74. The number of amidine groups is 1. The van der Waals surface area contributed by atoms with Crippen molar-refractivity contribution in [3.05, 3.63) is 53.6 Å². The minimum atomic E-state index is -0.214. The van der Waals surface area contributed by atoms with Crippen LogP contribution >= 0.6 is 12.2 Å². The highest BCUT2D eigenvalue weighted by Gasteiger charge is 2.40. The van der Waals surface area contributed by atoms with Crippen molar-refractivity contribution in [2.45, 2.75) is 45.1 Å². The second-order valence-corrected chi connectivity index (χ2v) is 9.27. The Hall–Kier alpha value is -2.88. The van der Waals surface area contributed by atoms with Gasteiger partial charge in [0.1, 0.15) is 11.9 Å². The van der Waals surface area contributed by atoms with Crippen molar-refractivity contribution in [2.24, 2.45) is 15.0 Å². The number of hydrogen-bond donors (Lipinski definition) is 3. The molecule has 0 radical (unpaired) electrons. The molecule has 0 fully saturated rings. The van der Waals surface area contributed by atoms with Crippen molar-refractivity contribution in [2.75, 3.05) is 26.3 Å². The number of nitrogens with one attached hydrogen (secondary N) is 1. The van der Waals surface area contributed by atoms with Crippen LogP contribution in [0.5, 0.6) is 0 Å². The van der Waals surface area contributed by atoms with E-state index in [1.165, 1.54) is 0 Å². The summed E-state index contributed by atoms with van der Waals surface area (Å²) in [4.78, 5) is 19.3. The summed E-state index contributed by atoms with van der Waals surface area (Å²) in [6.45, 7) is 5.38. The lowest BCUT2D eigenvalue weighted by molar-refractivity contribution is 0.206. The molecule has 0 spiro atoms. The topological polar surface area (TPSA) is 96.1 Å². The van der Waals surface area contributed by atoms with Gasteiger partial charge in [0, 0.05) is 30.4 Å². The largest absolute Gasteiger partial charge is 0.395 e. The second-order valence-electron chi connectivity index (χ2n) is 8.75. The first kappa shape index (κ1) is 24.3. The number of benzene rings is 1. The molecule has 0 amide bonds. The highest BCUT2D eigenvalue weighted by molar-refractivity contribution is 7.80. The molecule has 9 heteroatoms. The third-order valence-corrected chi connectivity index (χ3v) is 6.30. The van der Waals surface area contributed by atoms with E-state index in [0.29, 0.717) is 25.6 Å². The van der Waals surface area contributed by atoms with E-state index in [2.05, 4.69) is 71.6 Å². The van der Waals surface area contributed by atoms with Gasteiger partial charge in [-0.3, -0.25) is 9.98 Å². The number of guanidine groups is 1. The van der Waals surface area contributed by atoms with Crippen LogP contribution in [-0.4, -0.2) is 87.6 Å². The van der Waals surface area contributed by atoms with Crippen LogP contribution in [0.4, 0.5) is 0 Å². The number of rotatable bonds is 8. The van der Waals surface area contributed by atoms with Gasteiger partial charge in [0.05, 0.1) is 26.1 Å². The van der Waals surface area contributed by atoms with Crippen molar-refractivity contribution in [3.63, 3.8) is 0 Å². The fourth-order valence-corrected chi connectivity index (χ4v) is 4.41. The molecule has 4 rings (SSSR count). The Kier molecular flexibility index (Phi) is 7.87. The fourth-order valence-electron chi connectivity index (χ4n) is 4.19. The van der Waals surface area contributed by atoms with Crippen LogP contribution in [0.3, 0.4) is 0 Å². The molecular formula is C25H32N6O2S. The Morgan fingerprint density at radius 2 is 1.94 bits per heavy atom. The molecule has 0 bridgehead atoms. The number of nitrogens with zero attached hydrogens (tertiary/aromatic N) is 5. The van der Waals surface area contributed by atoms with Crippen LogP contribution in [-0.2, 0) is 6.54 Å². The monoisotopic (exact) mass is 480 g/mol. The number of thiocarbonyl (C=S) groups is 1. The SMILES string of the molecule is CC(C)N1C=NC2C(=NCc3ccc(C4=CC(=S)CC=C4)cc3)NC(N(CCO)CCO)=NC21. The Labute approximate surface area is 206 Å². The summed E-state index contributed by atoms with van der Waals surface area (Å²) >= 11 is 5.34. The second kappa shape index (κ2) is 11.0. The number of allylic oxidation sites excluding steroid dienone is 4. The van der Waals surface area contributed by atoms with Crippen molar-refractivity contribution in [1.29, 1.82) is 0 Å². The van der Waals surface area contributed by atoms with Crippen molar-refractivity contribution >= 4 is 40.8 Å². The smallest absolute Gasteiger partial charge is 0.201 e. The molecule has 8 nitrogen and oxygen atoms in total. The summed E-state index contributed by atoms with van der Waals surface area (Å²) in [5, 5.41) is 22.3. The summed E-state index contributed by atoms with van der Waals surface area (Å²) < 4.78 is 0. The van der Waals surface area contributed by atoms with Gasteiger partial charge in [-0.25, -0.2) is 4.99 Å². The highest BCUT2D eigenvalue weighted by Crippen LogP contribution is 2.24. The molecule has 1 aliphatic carbocycles. The first-order valence-electron chi connectivity index (χ1n) is 11.7. The molecule has 2 aliphatic heterocycles. The van der Waals surface area contributed by atoms with Crippen LogP contribution in [0, 0.1) is 0 Å². The first-order chi connectivity index (χ1) is 16.5. The van der Waals surface area contributed by atoms with Crippen LogP contribution in [0.1, 0.15) is 31.4 Å². The van der Waals surface area contributed by atoms with Crippen LogP contribution in [0.25, 0.3) is 5.57 Å². The molecule has 2 unspecified atom stereocenters. The minimum absolute atomic E-state index is 0.0334. The van der Waals surface area contributed by atoms with E-state index in [4.69, 9.17) is 22.2 Å². The predicted molar refractivity (Wildman–Crippen MR) is 141 cm³/mol. The average Bonchev–Trinajstić information content (AvgIpc) is 3.27. The molecule has 34 heavy (non-hydrogen) atoms. The number of hydrogen-bond acceptors (Lipinski definition) is 8. The zero-order chi connectivity index (χ0) is 24.1. The molecule has 0 aromatic heterocycles. The van der Waals surface area contributed by atoms with Crippen molar-refractivity contribution in [3.8, 4) is 0 Å². The summed E-state index contributed by atoms with van der Waals surface area (Å²) in [7, 11) is 0. The van der Waals surface area contributed by atoms with Gasteiger partial charge in [0.15, 0.2) is 6.17 Å². The Morgan fingerprint density at radius 3 is 2.59 bits per heavy atom. The maximum absolute atomic E-state index is 9.48. The first-order valence-corrected chi connectivity index (χ1v) is 12.1. The van der Waals surface area contributed by atoms with Crippen LogP contribution < -0.4 is 5.32 Å². The van der Waals surface area contributed by atoms with E-state index in [0.717, 1.165) is 33.8 Å². The summed E-state index contributed by atoms with van der Waals surface area (Å²) in [5.74, 6) is 1.34. The number of aliphatic imine (C=N–C) groups is 3. The summed E-state index contributed by atoms with van der Waals surface area (Å²) in [5.41, 5.74) is 3.36. The van der Waals surface area contributed by atoms with Gasteiger partial charge in [0.2, 0.25) is 5.96 Å². The number of aliphatic hydroxyl groups is 2. The Bertz CT molecular complexity index is 1040. The predicted octanol–water partition coefficient (Wildman–Crippen LogP) is 1.99. The van der Waals surface area contributed by atoms with E-state index in [1.54, 1.807) is 0 Å². The van der Waals surface area contributed by atoms with Gasteiger partial charge in [-0.05, 0) is 36.6 Å². The lowest BCUT2D eigenvalue weighted by atomic mass is 9.98. The third kappa shape index (κ3) is 5.43. The van der Waals surface area contributed by atoms with Gasteiger partial charge in [-0.1, -0.05) is 48.6 Å². The van der Waals surface area contributed by atoms with Crippen LogP contribution in [0.2, 0.25) is 0 Å². The zero-order valence-corrected chi connectivity index (χ0v) is 20.4. The fraction of sp³-hybridized carbons (Fsp3) is 0.440. The summed E-state index contributed by atoms with van der Waals surface area (Å²) in [6, 6.07) is 8.39. The molecule has 0 saturated carbocycles. The van der Waals surface area contributed by atoms with Gasteiger partial charge in [-0.15, -0.1) is 0 Å². The zero-order valence-electron chi connectivity index (χ0n) is 19.6. The van der Waals surface area contributed by atoms with Crippen molar-refractivity contribution < 1.29 is 10.2 Å². The average molecular weight is 481 g/mol. The highest BCUT2D eigenvalue weighted by atomic mass is 32.1. The van der Waals surface area contributed by atoms with Crippen molar-refractivity contribution in [1.82, 2.24) is 15.1 Å². The molecule has 2 heterocycles. The van der Waals surface area contributed by atoms with Gasteiger partial charge >= 0.3 is 0 Å². The lowest BCUT2D eigenvalue weighted by Crippen LogP contribution is -2.57. The number of aliphatic hydroxyl groups excluding tert-OH is 2. The maximum atomic E-state index is 9.48. The van der Waals surface area contributed by atoms with E-state index >= 15 is 0 Å². The van der Waals surface area contributed by atoms with E-state index in [9.17, 15) is 10.2 Å². The van der Waals surface area contributed by atoms with Gasteiger partial charge in [0.25, 0.3) is 0 Å². The molecule has 3 aliphatic rings. The standard InChI is InChI=1S/C25H32N6O2S/c1-17(2)31-16-27-22-23(28-25(29-24(22)31)30(10-12-32)11-13-33)26-15-18-6-8-19(9-7-18)20-4-3-5-21(34)14-20/h3-4,6-9,14,16-17,22,24,32-33H,5,10-13,15H2,1-2H3,(H,26,28,29). The molecule has 180 valence electrons. The molecule has 0 saturated heterocycles. The molecular weight excluding hydrogens is 448 g/mol. The quantitative estimate of drug-likeness (QED) is 0.493. The Balaban J connectivity index is 1.54. The van der Waals surface area contributed by atoms with E-state index in [-0.39, 0.29) is 31.5 Å². The molecule has 1 aromatic rings. The maximum Gasteiger partial charge on any atom is 0.201 e. The van der Waals surface area contributed by atoms with E-state index in [1.807, 2.05) is 11.2 Å². The van der Waals surface area contributed by atoms with Crippen LogP contribution in [0.15, 0.2) is 57.5 Å². The molecule has 1 aromatic carbocycles. The minimum Gasteiger partial charge on any atom is -0.395 e. The van der Waals surface area contributed by atoms with Gasteiger partial charge < -0.3 is 25.3 Å². The molecule has 3 N–H and O–H groups in total.